The van der Waals surface area contributed by atoms with Crippen molar-refractivity contribution in [2.75, 3.05) is 57.3 Å². The van der Waals surface area contributed by atoms with Crippen LogP contribution in [-0.4, -0.2) is 68.1 Å². The normalized spacial score (nSPS) is 19.1. The van der Waals surface area contributed by atoms with Gasteiger partial charge in [-0.15, -0.1) is 0 Å². The number of hydrogen-bond donors (Lipinski definition) is 1. The van der Waals surface area contributed by atoms with E-state index < -0.39 is 0 Å². The Labute approximate surface area is 142 Å². The summed E-state index contributed by atoms with van der Waals surface area (Å²) in [7, 11) is 0. The molecule has 6 heteroatoms. The van der Waals surface area contributed by atoms with E-state index in [0.717, 1.165) is 39.3 Å². The molecule has 1 amide bonds. The van der Waals surface area contributed by atoms with Crippen LogP contribution in [0.4, 0.5) is 5.69 Å². The predicted octanol–water partition coefficient (Wildman–Crippen LogP) is 0.648. The van der Waals surface area contributed by atoms with Gasteiger partial charge in [0.15, 0.2) is 0 Å². The molecule has 0 atom stereocenters. The van der Waals surface area contributed by atoms with Crippen LogP contribution in [0.5, 0.6) is 0 Å². The molecule has 0 spiro atoms. The van der Waals surface area contributed by atoms with Crippen molar-refractivity contribution in [2.45, 2.75) is 0 Å². The van der Waals surface area contributed by atoms with E-state index >= 15 is 0 Å². The minimum absolute atomic E-state index is 0.149. The molecule has 24 heavy (non-hydrogen) atoms. The van der Waals surface area contributed by atoms with Gasteiger partial charge in [-0.3, -0.25) is 4.79 Å². The Bertz CT molecular complexity index is 623. The van der Waals surface area contributed by atoms with Crippen LogP contribution in [0.2, 0.25) is 0 Å². The third kappa shape index (κ3) is 3.87. The third-order valence-corrected chi connectivity index (χ3v) is 4.50. The van der Waals surface area contributed by atoms with Gasteiger partial charge >= 0.3 is 0 Å². The van der Waals surface area contributed by atoms with Gasteiger partial charge in [-0.25, -0.2) is 0 Å². The maximum absolute atomic E-state index is 12.5. The number of rotatable bonds is 3. The number of anilines is 1. The minimum atomic E-state index is -0.149. The van der Waals surface area contributed by atoms with E-state index in [-0.39, 0.29) is 11.5 Å². The predicted molar refractivity (Wildman–Crippen MR) is 93.4 cm³/mol. The van der Waals surface area contributed by atoms with Gasteiger partial charge in [-0.05, 0) is 12.1 Å². The second-order valence-corrected chi connectivity index (χ2v) is 6.06. The monoisotopic (exact) mass is 325 g/mol. The molecule has 0 saturated carbocycles. The van der Waals surface area contributed by atoms with E-state index in [1.54, 1.807) is 11.1 Å². The zero-order valence-electron chi connectivity index (χ0n) is 13.8. The summed E-state index contributed by atoms with van der Waals surface area (Å²) in [6.45, 7) is 6.32. The summed E-state index contributed by atoms with van der Waals surface area (Å²) < 4.78 is 0. The maximum Gasteiger partial charge on any atom is 0.266 e. The van der Waals surface area contributed by atoms with Crippen LogP contribution in [0, 0.1) is 11.3 Å². The molecule has 6 nitrogen and oxygen atoms in total. The van der Waals surface area contributed by atoms with Crippen LogP contribution in [0.15, 0.2) is 42.1 Å². The van der Waals surface area contributed by atoms with Gasteiger partial charge in [0.05, 0.1) is 0 Å². The lowest BCUT2D eigenvalue weighted by atomic mass is 10.2. The molecule has 126 valence electrons. The number of piperazine rings is 2. The Morgan fingerprint density at radius 3 is 2.33 bits per heavy atom. The van der Waals surface area contributed by atoms with Gasteiger partial charge in [0.2, 0.25) is 0 Å². The first kappa shape index (κ1) is 16.3. The van der Waals surface area contributed by atoms with E-state index in [2.05, 4.69) is 33.3 Å². The summed E-state index contributed by atoms with van der Waals surface area (Å²) in [5.74, 6) is -0.149. The van der Waals surface area contributed by atoms with Crippen LogP contribution >= 0.6 is 0 Å². The van der Waals surface area contributed by atoms with Crippen LogP contribution in [-0.2, 0) is 4.79 Å². The molecule has 0 unspecified atom stereocenters. The number of amides is 1. The average Bonchev–Trinajstić information content (AvgIpc) is 2.67. The second-order valence-electron chi connectivity index (χ2n) is 6.06. The van der Waals surface area contributed by atoms with Crippen molar-refractivity contribution >= 4 is 11.6 Å². The number of benzene rings is 1. The molecule has 2 aliphatic rings. The molecule has 0 radical (unpaired) electrons. The lowest BCUT2D eigenvalue weighted by molar-refractivity contribution is -0.127. The van der Waals surface area contributed by atoms with E-state index in [9.17, 15) is 10.1 Å². The molecule has 0 bridgehead atoms. The first-order valence-electron chi connectivity index (χ1n) is 8.44. The number of carbonyl (C=O) groups is 1. The molecule has 2 fully saturated rings. The number of hydrogen-bond acceptors (Lipinski definition) is 5. The second kappa shape index (κ2) is 7.84. The van der Waals surface area contributed by atoms with Gasteiger partial charge < -0.3 is 20.0 Å². The number of carbonyl (C=O) groups excluding carboxylic acids is 1. The molecular weight excluding hydrogens is 302 g/mol. The molecule has 2 saturated heterocycles. The van der Waals surface area contributed by atoms with Crippen LogP contribution in [0.25, 0.3) is 0 Å². The third-order valence-electron chi connectivity index (χ3n) is 4.50. The number of para-hydroxylation sites is 1. The van der Waals surface area contributed by atoms with Crippen molar-refractivity contribution in [1.29, 1.82) is 5.26 Å². The summed E-state index contributed by atoms with van der Waals surface area (Å²) in [6.07, 6.45) is 1.74. The van der Waals surface area contributed by atoms with E-state index in [4.69, 9.17) is 0 Å². The number of nitriles is 1. The Morgan fingerprint density at radius 1 is 1.04 bits per heavy atom. The smallest absolute Gasteiger partial charge is 0.266 e. The highest BCUT2D eigenvalue weighted by atomic mass is 16.2. The quantitative estimate of drug-likeness (QED) is 0.653. The average molecular weight is 325 g/mol. The van der Waals surface area contributed by atoms with Crippen LogP contribution in [0.3, 0.4) is 0 Å². The molecule has 3 rings (SSSR count). The minimum Gasteiger partial charge on any atom is -0.373 e. The SMILES string of the molecule is N#C/C(=C/N1CCN(c2ccccc2)CC1)C(=O)N1CCNCC1. The summed E-state index contributed by atoms with van der Waals surface area (Å²) in [6, 6.07) is 12.4. The summed E-state index contributed by atoms with van der Waals surface area (Å²) in [5, 5.41) is 12.6. The zero-order chi connectivity index (χ0) is 16.8. The van der Waals surface area contributed by atoms with Crippen molar-refractivity contribution < 1.29 is 4.79 Å². The van der Waals surface area contributed by atoms with Gasteiger partial charge in [0.1, 0.15) is 11.6 Å². The Hall–Kier alpha value is -2.52. The Balaban J connectivity index is 1.59. The van der Waals surface area contributed by atoms with Gasteiger partial charge in [0.25, 0.3) is 5.91 Å². The van der Waals surface area contributed by atoms with E-state index in [0.29, 0.717) is 13.1 Å². The standard InChI is InChI=1S/C18H23N5O/c19-14-16(18(24)23-8-6-20-7-9-23)15-21-10-12-22(13-11-21)17-4-2-1-3-5-17/h1-5,15,20H,6-13H2/b16-15-. The highest BCUT2D eigenvalue weighted by Crippen LogP contribution is 2.16. The molecule has 2 aliphatic heterocycles. The van der Waals surface area contributed by atoms with Crippen LogP contribution < -0.4 is 10.2 Å². The molecule has 0 aromatic heterocycles. The lowest BCUT2D eigenvalue weighted by Gasteiger charge is -2.36. The fourth-order valence-corrected chi connectivity index (χ4v) is 3.10. The fraction of sp³-hybridized carbons (Fsp3) is 0.444. The topological polar surface area (TPSA) is 62.6 Å². The molecule has 1 aromatic carbocycles. The van der Waals surface area contributed by atoms with Crippen molar-refractivity contribution in [1.82, 2.24) is 15.1 Å². The summed E-state index contributed by atoms with van der Waals surface area (Å²) in [4.78, 5) is 18.6. The largest absolute Gasteiger partial charge is 0.373 e. The highest BCUT2D eigenvalue weighted by Gasteiger charge is 2.22. The first-order chi connectivity index (χ1) is 11.8. The first-order valence-corrected chi connectivity index (χ1v) is 8.44. The van der Waals surface area contributed by atoms with Crippen molar-refractivity contribution in [3.63, 3.8) is 0 Å². The molecule has 1 aromatic rings. The number of nitrogens with zero attached hydrogens (tertiary/aromatic N) is 4. The Morgan fingerprint density at radius 2 is 1.71 bits per heavy atom. The summed E-state index contributed by atoms with van der Waals surface area (Å²) >= 11 is 0. The molecule has 1 N–H and O–H groups in total. The van der Waals surface area contributed by atoms with Gasteiger partial charge in [-0.1, -0.05) is 18.2 Å². The van der Waals surface area contributed by atoms with Crippen molar-refractivity contribution in [3.8, 4) is 6.07 Å². The molecule has 0 aliphatic carbocycles. The Kier molecular flexibility index (Phi) is 5.34. The van der Waals surface area contributed by atoms with Crippen molar-refractivity contribution in [2.24, 2.45) is 0 Å². The van der Waals surface area contributed by atoms with Crippen molar-refractivity contribution in [3.05, 3.63) is 42.1 Å². The van der Waals surface area contributed by atoms with Gasteiger partial charge in [-0.2, -0.15) is 5.26 Å². The van der Waals surface area contributed by atoms with E-state index in [1.165, 1.54) is 5.69 Å². The number of nitrogens with one attached hydrogen (secondary N) is 1. The fourth-order valence-electron chi connectivity index (χ4n) is 3.10. The van der Waals surface area contributed by atoms with Crippen LogP contribution in [0.1, 0.15) is 0 Å². The lowest BCUT2D eigenvalue weighted by Crippen LogP contribution is -2.47. The maximum atomic E-state index is 12.5. The zero-order valence-corrected chi connectivity index (χ0v) is 13.8. The summed E-state index contributed by atoms with van der Waals surface area (Å²) in [5.41, 5.74) is 1.46. The van der Waals surface area contributed by atoms with E-state index in [1.807, 2.05) is 18.2 Å². The van der Waals surface area contributed by atoms with Gasteiger partial charge in [0, 0.05) is 64.2 Å². The highest BCUT2D eigenvalue weighted by molar-refractivity contribution is 5.97. The molecular formula is C18H23N5O. The molecule has 2 heterocycles.